The summed E-state index contributed by atoms with van der Waals surface area (Å²) >= 11 is 0. The maximum Gasteiger partial charge on any atom is 0.393 e. The van der Waals surface area contributed by atoms with Gasteiger partial charge in [0.25, 0.3) is 0 Å². The van der Waals surface area contributed by atoms with Crippen molar-refractivity contribution in [3.63, 3.8) is 0 Å². The van der Waals surface area contributed by atoms with Gasteiger partial charge in [0.2, 0.25) is 5.91 Å². The van der Waals surface area contributed by atoms with E-state index < -0.39 is 29.6 Å². The summed E-state index contributed by atoms with van der Waals surface area (Å²) in [6.45, 7) is 0.745. The van der Waals surface area contributed by atoms with E-state index in [0.29, 0.717) is 45.3 Å². The number of hydrogen-bond donors (Lipinski definition) is 2. The first kappa shape index (κ1) is 15.6. The van der Waals surface area contributed by atoms with Gasteiger partial charge in [-0.1, -0.05) is 12.8 Å². The van der Waals surface area contributed by atoms with Crippen LogP contribution in [0, 0.1) is 5.92 Å². The van der Waals surface area contributed by atoms with E-state index in [-0.39, 0.29) is 6.42 Å². The highest BCUT2D eigenvalue weighted by Gasteiger charge is 2.47. The Morgan fingerprint density at radius 2 is 1.80 bits per heavy atom. The van der Waals surface area contributed by atoms with Gasteiger partial charge in [-0.2, -0.15) is 13.2 Å². The molecule has 2 fully saturated rings. The van der Waals surface area contributed by atoms with Gasteiger partial charge in [-0.15, -0.1) is 0 Å². The quantitative estimate of drug-likeness (QED) is 0.815. The summed E-state index contributed by atoms with van der Waals surface area (Å²) in [5, 5.41) is 2.55. The standard InChI is InChI=1S/C13H21F3N2O2/c14-13(15,16)9-3-1-2-4-10(9)18-11(19)12(17)5-7-20-8-6-12/h9-10H,1-8,17H2,(H,18,19). The van der Waals surface area contributed by atoms with Crippen LogP contribution in [0.2, 0.25) is 0 Å². The summed E-state index contributed by atoms with van der Waals surface area (Å²) in [6, 6.07) is -0.848. The molecule has 2 rings (SSSR count). The molecule has 116 valence electrons. The van der Waals surface area contributed by atoms with Gasteiger partial charge in [0.1, 0.15) is 0 Å². The molecule has 0 aromatic heterocycles. The summed E-state index contributed by atoms with van der Waals surface area (Å²) < 4.78 is 44.1. The molecule has 0 bridgehead atoms. The number of nitrogens with two attached hydrogens (primary N) is 1. The van der Waals surface area contributed by atoms with Crippen molar-refractivity contribution in [2.24, 2.45) is 11.7 Å². The fourth-order valence-electron chi connectivity index (χ4n) is 2.97. The monoisotopic (exact) mass is 294 g/mol. The minimum absolute atomic E-state index is 0.0785. The molecule has 1 saturated carbocycles. The first-order valence-electron chi connectivity index (χ1n) is 7.07. The first-order valence-corrected chi connectivity index (χ1v) is 7.07. The predicted octanol–water partition coefficient (Wildman–Crippen LogP) is 1.73. The Bertz CT molecular complexity index is 354. The van der Waals surface area contributed by atoms with Crippen LogP contribution >= 0.6 is 0 Å². The molecule has 1 amide bonds. The second-order valence-electron chi connectivity index (χ2n) is 5.78. The molecule has 2 atom stereocenters. The van der Waals surface area contributed by atoms with Crippen molar-refractivity contribution < 1.29 is 22.7 Å². The van der Waals surface area contributed by atoms with Crippen molar-refractivity contribution in [3.8, 4) is 0 Å². The highest BCUT2D eigenvalue weighted by atomic mass is 19.4. The van der Waals surface area contributed by atoms with E-state index in [4.69, 9.17) is 10.5 Å². The van der Waals surface area contributed by atoms with Crippen molar-refractivity contribution in [1.29, 1.82) is 0 Å². The molecule has 2 aliphatic rings. The van der Waals surface area contributed by atoms with Gasteiger partial charge < -0.3 is 15.8 Å². The number of nitrogens with one attached hydrogen (secondary N) is 1. The molecule has 7 heteroatoms. The van der Waals surface area contributed by atoms with E-state index in [9.17, 15) is 18.0 Å². The van der Waals surface area contributed by atoms with Crippen molar-refractivity contribution >= 4 is 5.91 Å². The van der Waals surface area contributed by atoms with Crippen molar-refractivity contribution in [3.05, 3.63) is 0 Å². The SMILES string of the molecule is NC1(C(=O)NC2CCCCC2C(F)(F)F)CCOCC1. The first-order chi connectivity index (χ1) is 9.33. The Kier molecular flexibility index (Phi) is 4.59. The fourth-order valence-corrected chi connectivity index (χ4v) is 2.97. The molecule has 1 aliphatic heterocycles. The molecule has 0 aromatic rings. The van der Waals surface area contributed by atoms with Gasteiger partial charge in [0, 0.05) is 19.3 Å². The lowest BCUT2D eigenvalue weighted by Gasteiger charge is -2.37. The normalized spacial score (nSPS) is 30.8. The van der Waals surface area contributed by atoms with Crippen LogP contribution in [0.1, 0.15) is 38.5 Å². The largest absolute Gasteiger partial charge is 0.393 e. The number of amides is 1. The van der Waals surface area contributed by atoms with Crippen LogP contribution in [-0.2, 0) is 9.53 Å². The van der Waals surface area contributed by atoms with Crippen LogP contribution < -0.4 is 11.1 Å². The van der Waals surface area contributed by atoms with Crippen LogP contribution in [0.25, 0.3) is 0 Å². The van der Waals surface area contributed by atoms with Gasteiger partial charge in [0.05, 0.1) is 11.5 Å². The van der Waals surface area contributed by atoms with Gasteiger partial charge in [-0.3, -0.25) is 4.79 Å². The van der Waals surface area contributed by atoms with Crippen LogP contribution in [-0.4, -0.2) is 36.9 Å². The fraction of sp³-hybridized carbons (Fsp3) is 0.923. The number of halogens is 3. The van der Waals surface area contributed by atoms with Crippen molar-refractivity contribution in [2.75, 3.05) is 13.2 Å². The zero-order chi connectivity index (χ0) is 14.8. The molecule has 1 aliphatic carbocycles. The van der Waals surface area contributed by atoms with E-state index in [1.54, 1.807) is 0 Å². The molecular formula is C13H21F3N2O2. The van der Waals surface area contributed by atoms with E-state index in [0.717, 1.165) is 0 Å². The van der Waals surface area contributed by atoms with Crippen molar-refractivity contribution in [2.45, 2.75) is 56.3 Å². The number of carbonyl (C=O) groups is 1. The molecule has 1 heterocycles. The summed E-state index contributed by atoms with van der Waals surface area (Å²) in [7, 11) is 0. The van der Waals surface area contributed by atoms with E-state index in [2.05, 4.69) is 5.32 Å². The number of hydrogen-bond acceptors (Lipinski definition) is 3. The lowest BCUT2D eigenvalue weighted by molar-refractivity contribution is -0.189. The Hall–Kier alpha value is -0.820. The minimum Gasteiger partial charge on any atom is -0.381 e. The molecule has 0 radical (unpaired) electrons. The van der Waals surface area contributed by atoms with Gasteiger partial charge in [-0.05, 0) is 25.7 Å². The van der Waals surface area contributed by atoms with Crippen molar-refractivity contribution in [1.82, 2.24) is 5.32 Å². The number of alkyl halides is 3. The average molecular weight is 294 g/mol. The molecule has 20 heavy (non-hydrogen) atoms. The van der Waals surface area contributed by atoms with Gasteiger partial charge >= 0.3 is 6.18 Å². The lowest BCUT2D eigenvalue weighted by atomic mass is 9.82. The Balaban J connectivity index is 2.01. The minimum atomic E-state index is -4.27. The summed E-state index contributed by atoms with van der Waals surface area (Å²) in [6.07, 6.45) is -1.87. The smallest absolute Gasteiger partial charge is 0.381 e. The average Bonchev–Trinajstić information content (AvgIpc) is 2.39. The molecule has 0 aromatic carbocycles. The zero-order valence-corrected chi connectivity index (χ0v) is 11.3. The molecule has 3 N–H and O–H groups in total. The molecular weight excluding hydrogens is 273 g/mol. The van der Waals surface area contributed by atoms with Crippen LogP contribution in [0.5, 0.6) is 0 Å². The summed E-state index contributed by atoms with van der Waals surface area (Å²) in [4.78, 5) is 12.2. The Morgan fingerprint density at radius 1 is 1.20 bits per heavy atom. The van der Waals surface area contributed by atoms with Gasteiger partial charge in [-0.25, -0.2) is 0 Å². The number of carbonyl (C=O) groups excluding carboxylic acids is 1. The third kappa shape index (κ3) is 3.44. The maximum atomic E-state index is 13.0. The second kappa shape index (κ2) is 5.89. The van der Waals surface area contributed by atoms with E-state index in [1.807, 2.05) is 0 Å². The molecule has 4 nitrogen and oxygen atoms in total. The van der Waals surface area contributed by atoms with E-state index >= 15 is 0 Å². The Labute approximate surface area is 116 Å². The summed E-state index contributed by atoms with van der Waals surface area (Å²) in [5.41, 5.74) is 4.91. The maximum absolute atomic E-state index is 13.0. The zero-order valence-electron chi connectivity index (χ0n) is 11.3. The second-order valence-corrected chi connectivity index (χ2v) is 5.78. The predicted molar refractivity (Wildman–Crippen MR) is 66.9 cm³/mol. The molecule has 2 unspecified atom stereocenters. The topological polar surface area (TPSA) is 64.4 Å². The highest BCUT2D eigenvalue weighted by molar-refractivity contribution is 5.86. The van der Waals surface area contributed by atoms with Crippen LogP contribution in [0.4, 0.5) is 13.2 Å². The van der Waals surface area contributed by atoms with Gasteiger partial charge in [0.15, 0.2) is 0 Å². The lowest BCUT2D eigenvalue weighted by Crippen LogP contribution is -2.60. The summed E-state index contributed by atoms with van der Waals surface area (Å²) in [5.74, 6) is -1.93. The Morgan fingerprint density at radius 3 is 2.40 bits per heavy atom. The third-order valence-electron chi connectivity index (χ3n) is 4.34. The molecule has 0 spiro atoms. The highest BCUT2D eigenvalue weighted by Crippen LogP contribution is 2.38. The third-order valence-corrected chi connectivity index (χ3v) is 4.34. The molecule has 1 saturated heterocycles. The van der Waals surface area contributed by atoms with E-state index in [1.165, 1.54) is 0 Å². The number of rotatable bonds is 2. The number of ether oxygens (including phenoxy) is 1. The van der Waals surface area contributed by atoms with Crippen LogP contribution in [0.3, 0.4) is 0 Å². The van der Waals surface area contributed by atoms with Crippen LogP contribution in [0.15, 0.2) is 0 Å².